The van der Waals surface area contributed by atoms with E-state index >= 15 is 0 Å². The van der Waals surface area contributed by atoms with Crippen LogP contribution in [0.1, 0.15) is 24.2 Å². The molecule has 3 aromatic heterocycles. The number of nitriles is 1. The van der Waals surface area contributed by atoms with Crippen molar-refractivity contribution in [2.75, 3.05) is 25.1 Å². The molecule has 1 aliphatic rings. The average molecular weight is 439 g/mol. The lowest BCUT2D eigenvalue weighted by Gasteiger charge is -2.24. The molecule has 0 unspecified atom stereocenters. The van der Waals surface area contributed by atoms with Gasteiger partial charge in [-0.25, -0.2) is 9.50 Å². The molecule has 32 heavy (non-hydrogen) atoms. The summed E-state index contributed by atoms with van der Waals surface area (Å²) in [6, 6.07) is 1.47. The van der Waals surface area contributed by atoms with Crippen LogP contribution in [0.4, 0.5) is 10.1 Å². The number of aromatic nitrogens is 5. The lowest BCUT2D eigenvalue weighted by atomic mass is 9.94. The highest BCUT2D eigenvalue weighted by Crippen LogP contribution is 2.30. The third-order valence-corrected chi connectivity index (χ3v) is 5.62. The Morgan fingerprint density at radius 2 is 2.19 bits per heavy atom. The van der Waals surface area contributed by atoms with E-state index in [9.17, 15) is 19.2 Å². The van der Waals surface area contributed by atoms with Gasteiger partial charge in [0, 0.05) is 30.8 Å². The molecule has 3 aromatic rings. The zero-order chi connectivity index (χ0) is 23.0. The molecule has 0 aliphatic carbocycles. The minimum atomic E-state index is -1.22. The fourth-order valence-electron chi connectivity index (χ4n) is 3.78. The van der Waals surface area contributed by atoms with E-state index in [-0.39, 0.29) is 24.6 Å². The molecule has 11 nitrogen and oxygen atoms in total. The molecule has 166 valence electrons. The van der Waals surface area contributed by atoms with Crippen LogP contribution in [0.25, 0.3) is 16.9 Å². The quantitative estimate of drug-likeness (QED) is 0.516. The monoisotopic (exact) mass is 439 g/mol. The number of alkyl halides is 1. The summed E-state index contributed by atoms with van der Waals surface area (Å²) in [6.45, 7) is 2.69. The molecule has 0 bridgehead atoms. The van der Waals surface area contributed by atoms with Crippen molar-refractivity contribution in [2.24, 2.45) is 17.1 Å². The second-order valence-electron chi connectivity index (χ2n) is 8.29. The number of carbonyl (C=O) groups excluding carboxylic acids is 2. The summed E-state index contributed by atoms with van der Waals surface area (Å²) >= 11 is 0. The van der Waals surface area contributed by atoms with Crippen LogP contribution in [0.3, 0.4) is 0 Å². The number of hydrogen-bond acceptors (Lipinski definition) is 7. The molecule has 4 heterocycles. The number of nitrogens with two attached hydrogens (primary N) is 1. The molecule has 12 heteroatoms. The maximum Gasteiger partial charge on any atom is 0.252 e. The van der Waals surface area contributed by atoms with E-state index in [0.29, 0.717) is 17.0 Å². The SMILES string of the molecule is CC(C)(C#N)C(=O)N1C[C@@H](CF)[C@H](Nc2c(C(N)=O)cnn3cc(-c4cn[nH]c4)nc23)C1. The van der Waals surface area contributed by atoms with Gasteiger partial charge in [-0.05, 0) is 13.8 Å². The minimum absolute atomic E-state index is 0.0987. The third kappa shape index (κ3) is 3.62. The van der Waals surface area contributed by atoms with Crippen LogP contribution in [0.5, 0.6) is 0 Å². The number of fused-ring (bicyclic) bond motifs is 1. The highest BCUT2D eigenvalue weighted by atomic mass is 19.1. The van der Waals surface area contributed by atoms with Gasteiger partial charge in [-0.2, -0.15) is 15.5 Å². The maximum atomic E-state index is 13.9. The largest absolute Gasteiger partial charge is 0.376 e. The summed E-state index contributed by atoms with van der Waals surface area (Å²) in [5.74, 6) is -1.63. The number of nitrogens with zero attached hydrogens (tertiary/aromatic N) is 6. The second kappa shape index (κ2) is 7.92. The molecule has 4 N–H and O–H groups in total. The number of aromatic amines is 1. The van der Waals surface area contributed by atoms with Gasteiger partial charge in [-0.1, -0.05) is 0 Å². The predicted molar refractivity (Wildman–Crippen MR) is 112 cm³/mol. The fourth-order valence-corrected chi connectivity index (χ4v) is 3.78. The van der Waals surface area contributed by atoms with Crippen molar-refractivity contribution < 1.29 is 14.0 Å². The van der Waals surface area contributed by atoms with E-state index in [1.165, 1.54) is 29.5 Å². The van der Waals surface area contributed by atoms with Crippen molar-refractivity contribution in [3.8, 4) is 17.3 Å². The Kier molecular flexibility index (Phi) is 5.25. The molecule has 0 aromatic carbocycles. The summed E-state index contributed by atoms with van der Waals surface area (Å²) in [4.78, 5) is 30.8. The van der Waals surface area contributed by atoms with Gasteiger partial charge in [0.05, 0.1) is 54.3 Å². The van der Waals surface area contributed by atoms with Gasteiger partial charge in [0.25, 0.3) is 5.91 Å². The van der Waals surface area contributed by atoms with Gasteiger partial charge in [0.2, 0.25) is 5.91 Å². The smallest absolute Gasteiger partial charge is 0.252 e. The number of primary amides is 1. The topological polar surface area (TPSA) is 158 Å². The number of rotatable bonds is 6. The van der Waals surface area contributed by atoms with Crippen LogP contribution in [-0.2, 0) is 4.79 Å². The molecule has 2 amide bonds. The number of halogens is 1. The number of H-pyrrole nitrogens is 1. The number of amides is 2. The van der Waals surface area contributed by atoms with Gasteiger partial charge in [-0.3, -0.25) is 19.1 Å². The fraction of sp³-hybridized carbons (Fsp3) is 0.400. The van der Waals surface area contributed by atoms with Crippen molar-refractivity contribution in [1.29, 1.82) is 5.26 Å². The highest BCUT2D eigenvalue weighted by molar-refractivity contribution is 6.01. The minimum Gasteiger partial charge on any atom is -0.376 e. The van der Waals surface area contributed by atoms with Crippen molar-refractivity contribution >= 4 is 23.1 Å². The molecule has 0 radical (unpaired) electrons. The van der Waals surface area contributed by atoms with Crippen molar-refractivity contribution in [3.05, 3.63) is 30.4 Å². The summed E-state index contributed by atoms with van der Waals surface area (Å²) in [5.41, 5.74) is 6.36. The van der Waals surface area contributed by atoms with Crippen LogP contribution < -0.4 is 11.1 Å². The summed E-state index contributed by atoms with van der Waals surface area (Å²) in [6.07, 6.45) is 6.25. The van der Waals surface area contributed by atoms with Crippen LogP contribution in [0.15, 0.2) is 24.8 Å². The van der Waals surface area contributed by atoms with E-state index < -0.39 is 30.0 Å². The van der Waals surface area contributed by atoms with E-state index in [4.69, 9.17) is 5.73 Å². The standard InChI is InChI=1S/C20H22FN9O2/c1-20(2,10-22)19(32)29-7-11(3-21)14(8-29)27-16-13(17(23)31)6-26-30-9-15(28-18(16)30)12-4-24-25-5-12/h4-6,9,11,14,27H,3,7-8H2,1-2H3,(H2,23,31)(H,24,25)/t11-,14-/m1/s1. The van der Waals surface area contributed by atoms with Crippen LogP contribution in [0.2, 0.25) is 0 Å². The molecular formula is C20H22FN9O2. The predicted octanol–water partition coefficient (Wildman–Crippen LogP) is 0.976. The summed E-state index contributed by atoms with van der Waals surface area (Å²) in [5, 5.41) is 23.3. The van der Waals surface area contributed by atoms with Crippen molar-refractivity contribution in [2.45, 2.75) is 19.9 Å². The first-order valence-corrected chi connectivity index (χ1v) is 9.95. The van der Waals surface area contributed by atoms with Crippen LogP contribution in [-0.4, -0.2) is 67.3 Å². The number of nitrogens with one attached hydrogen (secondary N) is 2. The van der Waals surface area contributed by atoms with E-state index in [2.05, 4.69) is 25.6 Å². The molecular weight excluding hydrogens is 417 g/mol. The van der Waals surface area contributed by atoms with E-state index in [1.54, 1.807) is 18.6 Å². The molecule has 0 saturated carbocycles. The molecule has 1 fully saturated rings. The molecule has 2 atom stereocenters. The van der Waals surface area contributed by atoms with Gasteiger partial charge in [-0.15, -0.1) is 0 Å². The summed E-state index contributed by atoms with van der Waals surface area (Å²) < 4.78 is 15.3. The number of carbonyl (C=O) groups is 2. The highest BCUT2D eigenvalue weighted by Gasteiger charge is 2.41. The summed E-state index contributed by atoms with van der Waals surface area (Å²) in [7, 11) is 0. The first-order chi connectivity index (χ1) is 15.2. The molecule has 1 aliphatic heterocycles. The Hall–Kier alpha value is -4.01. The number of imidazole rings is 1. The number of anilines is 1. The third-order valence-electron chi connectivity index (χ3n) is 5.62. The molecule has 0 spiro atoms. The van der Waals surface area contributed by atoms with Crippen molar-refractivity contribution in [1.82, 2.24) is 29.7 Å². The Morgan fingerprint density at radius 1 is 1.41 bits per heavy atom. The van der Waals surface area contributed by atoms with Gasteiger partial charge in [0.1, 0.15) is 5.41 Å². The number of hydrogen-bond donors (Lipinski definition) is 3. The second-order valence-corrected chi connectivity index (χ2v) is 8.29. The Morgan fingerprint density at radius 3 is 2.81 bits per heavy atom. The average Bonchev–Trinajstić information content (AvgIpc) is 3.51. The van der Waals surface area contributed by atoms with Gasteiger partial charge >= 0.3 is 0 Å². The van der Waals surface area contributed by atoms with Gasteiger partial charge < -0.3 is 16.0 Å². The lowest BCUT2D eigenvalue weighted by molar-refractivity contribution is -0.136. The normalized spacial score (nSPS) is 18.6. The number of likely N-dealkylation sites (tertiary alicyclic amines) is 1. The Balaban J connectivity index is 1.71. The Bertz CT molecular complexity index is 1210. The first-order valence-electron chi connectivity index (χ1n) is 9.95. The van der Waals surface area contributed by atoms with E-state index in [1.807, 2.05) is 6.07 Å². The molecule has 4 rings (SSSR count). The van der Waals surface area contributed by atoms with Crippen LogP contribution >= 0.6 is 0 Å². The zero-order valence-corrected chi connectivity index (χ0v) is 17.5. The van der Waals surface area contributed by atoms with E-state index in [0.717, 1.165) is 5.56 Å². The van der Waals surface area contributed by atoms with Crippen molar-refractivity contribution in [3.63, 3.8) is 0 Å². The maximum absolute atomic E-state index is 13.9. The van der Waals surface area contributed by atoms with Crippen LogP contribution in [0, 0.1) is 22.7 Å². The Labute approximate surface area is 182 Å². The zero-order valence-electron chi connectivity index (χ0n) is 17.5. The van der Waals surface area contributed by atoms with Gasteiger partial charge in [0.15, 0.2) is 5.65 Å². The first kappa shape index (κ1) is 21.2. The lowest BCUT2D eigenvalue weighted by Crippen LogP contribution is -2.40. The molecule has 1 saturated heterocycles.